The minimum Gasteiger partial charge on any atom is -0.393 e. The Morgan fingerprint density at radius 1 is 1.25 bits per heavy atom. The Kier molecular flexibility index (Phi) is 8.26. The van der Waals surface area contributed by atoms with Crippen LogP contribution in [0, 0.1) is 11.8 Å². The molecule has 0 saturated heterocycles. The molecule has 2 atom stereocenters. The first-order valence-corrected chi connectivity index (χ1v) is 6.48. The zero-order valence-electron chi connectivity index (χ0n) is 11.1. The summed E-state index contributed by atoms with van der Waals surface area (Å²) < 4.78 is 0. The average Bonchev–Trinajstić information content (AvgIpc) is 2.24. The fourth-order valence-corrected chi connectivity index (χ4v) is 1.78. The molecule has 0 aliphatic rings. The summed E-state index contributed by atoms with van der Waals surface area (Å²) in [4.78, 5) is 11.9. The topological polar surface area (TPSA) is 49.3 Å². The zero-order chi connectivity index (χ0) is 12.6. The molecular weight excluding hydrogens is 202 g/mol. The lowest BCUT2D eigenvalue weighted by atomic mass is 9.90. The Balaban J connectivity index is 3.92. The van der Waals surface area contributed by atoms with Crippen molar-refractivity contribution in [2.24, 2.45) is 11.8 Å². The summed E-state index contributed by atoms with van der Waals surface area (Å²) in [6, 6.07) is 0. The van der Waals surface area contributed by atoms with E-state index >= 15 is 0 Å². The Morgan fingerprint density at radius 3 is 2.31 bits per heavy atom. The molecule has 2 N–H and O–H groups in total. The normalized spacial score (nSPS) is 14.9. The molecule has 0 aliphatic heterocycles. The molecule has 3 heteroatoms. The van der Waals surface area contributed by atoms with Gasteiger partial charge in [0.15, 0.2) is 0 Å². The predicted octanol–water partition coefficient (Wildman–Crippen LogP) is 2.34. The number of nitrogens with one attached hydrogen (secondary N) is 1. The number of aliphatic hydroxyl groups is 1. The Labute approximate surface area is 99.6 Å². The first-order chi connectivity index (χ1) is 7.52. The van der Waals surface area contributed by atoms with E-state index in [4.69, 9.17) is 0 Å². The monoisotopic (exact) mass is 229 g/mol. The second-order valence-electron chi connectivity index (χ2n) is 4.78. The van der Waals surface area contributed by atoms with Crippen molar-refractivity contribution in [3.63, 3.8) is 0 Å². The van der Waals surface area contributed by atoms with E-state index in [9.17, 15) is 9.90 Å². The molecule has 0 radical (unpaired) electrons. The van der Waals surface area contributed by atoms with Crippen LogP contribution in [-0.2, 0) is 4.79 Å². The molecule has 2 unspecified atom stereocenters. The summed E-state index contributed by atoms with van der Waals surface area (Å²) >= 11 is 0. The molecule has 0 aromatic rings. The molecule has 0 bridgehead atoms. The maximum Gasteiger partial charge on any atom is 0.223 e. The SMILES string of the molecule is CCCC(C(=O)NCCC(O)CC)C(C)C. The molecule has 0 heterocycles. The molecule has 0 spiro atoms. The summed E-state index contributed by atoms with van der Waals surface area (Å²) in [7, 11) is 0. The van der Waals surface area contributed by atoms with Crippen LogP contribution < -0.4 is 5.32 Å². The van der Waals surface area contributed by atoms with Gasteiger partial charge in [-0.2, -0.15) is 0 Å². The summed E-state index contributed by atoms with van der Waals surface area (Å²) in [5, 5.41) is 12.3. The maximum atomic E-state index is 11.9. The van der Waals surface area contributed by atoms with Crippen molar-refractivity contribution in [2.45, 2.75) is 59.5 Å². The van der Waals surface area contributed by atoms with Gasteiger partial charge in [0, 0.05) is 12.5 Å². The van der Waals surface area contributed by atoms with Crippen molar-refractivity contribution >= 4 is 5.91 Å². The van der Waals surface area contributed by atoms with Gasteiger partial charge in [0.25, 0.3) is 0 Å². The van der Waals surface area contributed by atoms with Crippen molar-refractivity contribution in [3.8, 4) is 0 Å². The van der Waals surface area contributed by atoms with E-state index in [-0.39, 0.29) is 17.9 Å². The molecule has 0 rings (SSSR count). The van der Waals surface area contributed by atoms with Crippen LogP contribution >= 0.6 is 0 Å². The van der Waals surface area contributed by atoms with Crippen LogP contribution in [0.5, 0.6) is 0 Å². The van der Waals surface area contributed by atoms with Gasteiger partial charge >= 0.3 is 0 Å². The first kappa shape index (κ1) is 15.4. The first-order valence-electron chi connectivity index (χ1n) is 6.48. The molecule has 3 nitrogen and oxygen atoms in total. The lowest BCUT2D eigenvalue weighted by Crippen LogP contribution is -2.35. The van der Waals surface area contributed by atoms with Gasteiger partial charge in [-0.1, -0.05) is 34.1 Å². The summed E-state index contributed by atoms with van der Waals surface area (Å²) in [6.07, 6.45) is 3.09. The fraction of sp³-hybridized carbons (Fsp3) is 0.923. The lowest BCUT2D eigenvalue weighted by Gasteiger charge is -2.20. The summed E-state index contributed by atoms with van der Waals surface area (Å²) in [5.41, 5.74) is 0. The third kappa shape index (κ3) is 6.11. The van der Waals surface area contributed by atoms with Crippen molar-refractivity contribution in [3.05, 3.63) is 0 Å². The highest BCUT2D eigenvalue weighted by atomic mass is 16.3. The van der Waals surface area contributed by atoms with Crippen molar-refractivity contribution in [1.29, 1.82) is 0 Å². The zero-order valence-corrected chi connectivity index (χ0v) is 11.1. The van der Waals surface area contributed by atoms with E-state index in [1.54, 1.807) is 0 Å². The van der Waals surface area contributed by atoms with E-state index in [1.165, 1.54) is 0 Å². The highest BCUT2D eigenvalue weighted by Crippen LogP contribution is 2.17. The second-order valence-corrected chi connectivity index (χ2v) is 4.78. The van der Waals surface area contributed by atoms with Crippen LogP contribution in [0.1, 0.15) is 53.4 Å². The van der Waals surface area contributed by atoms with Gasteiger partial charge in [-0.05, 0) is 25.2 Å². The van der Waals surface area contributed by atoms with Gasteiger partial charge in [0.05, 0.1) is 6.10 Å². The number of hydrogen-bond donors (Lipinski definition) is 2. The van der Waals surface area contributed by atoms with E-state index in [0.29, 0.717) is 18.9 Å². The molecular formula is C13H27NO2. The smallest absolute Gasteiger partial charge is 0.223 e. The molecule has 0 aromatic carbocycles. The standard InChI is InChI=1S/C13H27NO2/c1-5-7-12(10(3)4)13(16)14-9-8-11(15)6-2/h10-12,15H,5-9H2,1-4H3,(H,14,16). The Bertz CT molecular complexity index is 192. The van der Waals surface area contributed by atoms with Crippen molar-refractivity contribution < 1.29 is 9.90 Å². The third-order valence-corrected chi connectivity index (χ3v) is 2.99. The lowest BCUT2D eigenvalue weighted by molar-refractivity contribution is -0.126. The van der Waals surface area contributed by atoms with Crippen LogP contribution in [0.4, 0.5) is 0 Å². The van der Waals surface area contributed by atoms with Gasteiger partial charge < -0.3 is 10.4 Å². The highest BCUT2D eigenvalue weighted by Gasteiger charge is 2.20. The molecule has 0 aliphatic carbocycles. The van der Waals surface area contributed by atoms with E-state index < -0.39 is 0 Å². The molecule has 0 aromatic heterocycles. The largest absolute Gasteiger partial charge is 0.393 e. The van der Waals surface area contributed by atoms with E-state index in [1.807, 2.05) is 6.92 Å². The Morgan fingerprint density at radius 2 is 1.88 bits per heavy atom. The van der Waals surface area contributed by atoms with E-state index in [0.717, 1.165) is 19.3 Å². The van der Waals surface area contributed by atoms with E-state index in [2.05, 4.69) is 26.1 Å². The van der Waals surface area contributed by atoms with Gasteiger partial charge in [-0.3, -0.25) is 4.79 Å². The minimum atomic E-state index is -0.288. The fourth-order valence-electron chi connectivity index (χ4n) is 1.78. The van der Waals surface area contributed by atoms with Crippen LogP contribution in [0.25, 0.3) is 0 Å². The van der Waals surface area contributed by atoms with Crippen molar-refractivity contribution in [2.75, 3.05) is 6.54 Å². The number of amides is 1. The third-order valence-electron chi connectivity index (χ3n) is 2.99. The van der Waals surface area contributed by atoms with Gasteiger partial charge in [-0.15, -0.1) is 0 Å². The van der Waals surface area contributed by atoms with Crippen LogP contribution in [0.15, 0.2) is 0 Å². The molecule has 0 fully saturated rings. The number of carbonyl (C=O) groups is 1. The Hall–Kier alpha value is -0.570. The van der Waals surface area contributed by atoms with Crippen LogP contribution in [0.3, 0.4) is 0 Å². The van der Waals surface area contributed by atoms with Crippen LogP contribution in [-0.4, -0.2) is 23.7 Å². The number of rotatable bonds is 8. The molecule has 16 heavy (non-hydrogen) atoms. The quantitative estimate of drug-likeness (QED) is 0.671. The van der Waals surface area contributed by atoms with Crippen molar-refractivity contribution in [1.82, 2.24) is 5.32 Å². The van der Waals surface area contributed by atoms with Gasteiger partial charge in [0.1, 0.15) is 0 Å². The number of carbonyl (C=O) groups excluding carboxylic acids is 1. The predicted molar refractivity (Wildman–Crippen MR) is 67.2 cm³/mol. The molecule has 1 amide bonds. The van der Waals surface area contributed by atoms with Gasteiger partial charge in [-0.25, -0.2) is 0 Å². The van der Waals surface area contributed by atoms with Crippen LogP contribution in [0.2, 0.25) is 0 Å². The minimum absolute atomic E-state index is 0.115. The maximum absolute atomic E-state index is 11.9. The molecule has 96 valence electrons. The summed E-state index contributed by atoms with van der Waals surface area (Å²) in [5.74, 6) is 0.639. The second kappa shape index (κ2) is 8.57. The average molecular weight is 229 g/mol. The number of hydrogen-bond acceptors (Lipinski definition) is 2. The van der Waals surface area contributed by atoms with Gasteiger partial charge in [0.2, 0.25) is 5.91 Å². The molecule has 0 saturated carbocycles. The highest BCUT2D eigenvalue weighted by molar-refractivity contribution is 5.78. The summed E-state index contributed by atoms with van der Waals surface area (Å²) in [6.45, 7) is 8.80. The number of aliphatic hydroxyl groups excluding tert-OH is 1.